The van der Waals surface area contributed by atoms with Crippen LogP contribution in [0.5, 0.6) is 0 Å². The molecular weight excluding hydrogens is 474 g/mol. The number of nitrogens with zero attached hydrogens (tertiary/aromatic N) is 4. The number of anilines is 1. The largest absolute Gasteiger partial charge is 0.339 e. The molecule has 180 valence electrons. The Bertz CT molecular complexity index is 1310. The number of carbonyl (C=O) groups excluding carboxylic acids is 1. The zero-order valence-electron chi connectivity index (χ0n) is 19.2. The monoisotopic (exact) mass is 501 g/mol. The summed E-state index contributed by atoms with van der Waals surface area (Å²) in [7, 11) is -3.77. The molecule has 1 saturated heterocycles. The Morgan fingerprint density at radius 3 is 2.74 bits per heavy atom. The fourth-order valence-corrected chi connectivity index (χ4v) is 7.35. The molecule has 4 heterocycles. The molecule has 0 bridgehead atoms. The molecule has 1 atom stereocenters. The van der Waals surface area contributed by atoms with Crippen LogP contribution in [-0.2, 0) is 14.8 Å². The smallest absolute Gasteiger partial charge is 0.244 e. The van der Waals surface area contributed by atoms with Gasteiger partial charge in [0.25, 0.3) is 0 Å². The minimum atomic E-state index is -3.77. The number of sulfonamides is 1. The predicted molar refractivity (Wildman–Crippen MR) is 128 cm³/mol. The van der Waals surface area contributed by atoms with E-state index in [2.05, 4.69) is 20.4 Å². The molecule has 9 nitrogen and oxygen atoms in total. The molecule has 11 heteroatoms. The van der Waals surface area contributed by atoms with Crippen LogP contribution >= 0.6 is 11.3 Å². The van der Waals surface area contributed by atoms with E-state index in [1.54, 1.807) is 19.1 Å². The number of pyridine rings is 1. The Morgan fingerprint density at radius 2 is 2.00 bits per heavy atom. The lowest BCUT2D eigenvalue weighted by atomic mass is 9.85. The first kappa shape index (κ1) is 23.1. The normalized spacial score (nSPS) is 19.6. The molecule has 1 amide bonds. The Balaban J connectivity index is 1.32. The standard InChI is InChI=1S/C23H27N5O4S2/c1-14-6-3-10-20(24-14)25-22(29)17-9-5-11-28(13-17)34(30,31)19-12-18(33-15(19)2)21-26-23(32-27-21)16-7-4-8-16/h3,6,10,12,16-17H,4-5,7-9,11,13H2,1-2H3,(H,24,25,29)/t17-/m0/s1. The third kappa shape index (κ3) is 4.51. The van der Waals surface area contributed by atoms with E-state index in [4.69, 9.17) is 4.52 Å². The lowest BCUT2D eigenvalue weighted by Crippen LogP contribution is -2.43. The minimum absolute atomic E-state index is 0.138. The molecule has 1 N–H and O–H groups in total. The number of aromatic nitrogens is 3. The van der Waals surface area contributed by atoms with Gasteiger partial charge in [-0.1, -0.05) is 17.6 Å². The van der Waals surface area contributed by atoms with Gasteiger partial charge in [0.1, 0.15) is 5.82 Å². The van der Waals surface area contributed by atoms with E-state index in [1.807, 2.05) is 19.1 Å². The first-order valence-corrected chi connectivity index (χ1v) is 13.8. The van der Waals surface area contributed by atoms with Gasteiger partial charge in [0.2, 0.25) is 27.6 Å². The van der Waals surface area contributed by atoms with Crippen molar-refractivity contribution in [1.29, 1.82) is 0 Å². The summed E-state index contributed by atoms with van der Waals surface area (Å²) in [5.74, 6) is 1.20. The number of amides is 1. The summed E-state index contributed by atoms with van der Waals surface area (Å²) >= 11 is 1.34. The van der Waals surface area contributed by atoms with Gasteiger partial charge in [-0.15, -0.1) is 11.3 Å². The number of hydrogen-bond acceptors (Lipinski definition) is 8. The SMILES string of the molecule is Cc1cccc(NC(=O)[C@H]2CCCN(S(=O)(=O)c3cc(-c4noc(C5CCC5)n4)sc3C)C2)n1. The van der Waals surface area contributed by atoms with Gasteiger partial charge in [-0.2, -0.15) is 9.29 Å². The molecule has 0 radical (unpaired) electrons. The lowest BCUT2D eigenvalue weighted by molar-refractivity contribution is -0.120. The van der Waals surface area contributed by atoms with Crippen LogP contribution in [0.25, 0.3) is 10.7 Å². The van der Waals surface area contributed by atoms with Crippen LogP contribution < -0.4 is 5.32 Å². The molecular formula is C23H27N5O4S2. The molecule has 2 fully saturated rings. The number of aryl methyl sites for hydroxylation is 2. The van der Waals surface area contributed by atoms with Gasteiger partial charge in [-0.25, -0.2) is 13.4 Å². The quantitative estimate of drug-likeness (QED) is 0.540. The van der Waals surface area contributed by atoms with Gasteiger partial charge in [0, 0.05) is 29.6 Å². The van der Waals surface area contributed by atoms with Crippen LogP contribution in [0.3, 0.4) is 0 Å². The summed E-state index contributed by atoms with van der Waals surface area (Å²) in [6.07, 6.45) is 4.51. The summed E-state index contributed by atoms with van der Waals surface area (Å²) < 4.78 is 33.9. The number of thiophene rings is 1. The highest BCUT2D eigenvalue weighted by Gasteiger charge is 2.35. The van der Waals surface area contributed by atoms with Crippen LogP contribution in [0.15, 0.2) is 33.7 Å². The first-order chi connectivity index (χ1) is 16.3. The second-order valence-electron chi connectivity index (χ2n) is 8.97. The Kier molecular flexibility index (Phi) is 6.26. The van der Waals surface area contributed by atoms with E-state index in [9.17, 15) is 13.2 Å². The maximum absolute atomic E-state index is 13.5. The van der Waals surface area contributed by atoms with Gasteiger partial charge in [0.15, 0.2) is 0 Å². The third-order valence-electron chi connectivity index (χ3n) is 6.50. The van der Waals surface area contributed by atoms with Crippen molar-refractivity contribution in [2.24, 2.45) is 5.92 Å². The molecule has 0 spiro atoms. The van der Waals surface area contributed by atoms with Gasteiger partial charge >= 0.3 is 0 Å². The minimum Gasteiger partial charge on any atom is -0.339 e. The fourth-order valence-electron chi connectivity index (χ4n) is 4.34. The highest BCUT2D eigenvalue weighted by atomic mass is 32.2. The predicted octanol–water partition coefficient (Wildman–Crippen LogP) is 4.12. The van der Waals surface area contributed by atoms with Gasteiger partial charge in [-0.3, -0.25) is 4.79 Å². The maximum atomic E-state index is 13.5. The van der Waals surface area contributed by atoms with E-state index in [0.29, 0.717) is 52.6 Å². The van der Waals surface area contributed by atoms with Crippen LogP contribution in [0.4, 0.5) is 5.82 Å². The fraction of sp³-hybridized carbons (Fsp3) is 0.478. The number of nitrogens with one attached hydrogen (secondary N) is 1. The van der Waals surface area contributed by atoms with Crippen LogP contribution in [-0.4, -0.2) is 46.8 Å². The van der Waals surface area contributed by atoms with Crippen molar-refractivity contribution in [3.63, 3.8) is 0 Å². The highest BCUT2D eigenvalue weighted by Crippen LogP contribution is 2.38. The average molecular weight is 502 g/mol. The van der Waals surface area contributed by atoms with Crippen molar-refractivity contribution < 1.29 is 17.7 Å². The van der Waals surface area contributed by atoms with Crippen LogP contribution in [0.1, 0.15) is 54.5 Å². The zero-order valence-corrected chi connectivity index (χ0v) is 20.8. The second kappa shape index (κ2) is 9.20. The molecule has 3 aromatic rings. The summed E-state index contributed by atoms with van der Waals surface area (Å²) in [5.41, 5.74) is 0.802. The molecule has 0 aromatic carbocycles. The van der Waals surface area contributed by atoms with Crippen molar-refractivity contribution >= 4 is 33.1 Å². The topological polar surface area (TPSA) is 118 Å². The molecule has 1 aliphatic carbocycles. The molecule has 1 saturated carbocycles. The number of piperidine rings is 1. The molecule has 5 rings (SSSR count). The second-order valence-corrected chi connectivity index (χ2v) is 12.1. The summed E-state index contributed by atoms with van der Waals surface area (Å²) in [4.78, 5) is 23.2. The summed E-state index contributed by atoms with van der Waals surface area (Å²) in [6, 6.07) is 7.04. The van der Waals surface area contributed by atoms with E-state index in [0.717, 1.165) is 18.5 Å². The van der Waals surface area contributed by atoms with Crippen molar-refractivity contribution in [3.05, 3.63) is 40.7 Å². The molecule has 0 unspecified atom stereocenters. The van der Waals surface area contributed by atoms with E-state index in [1.165, 1.54) is 22.1 Å². The molecule has 3 aromatic heterocycles. The maximum Gasteiger partial charge on any atom is 0.244 e. The number of rotatable bonds is 6. The lowest BCUT2D eigenvalue weighted by Gasteiger charge is -2.31. The van der Waals surface area contributed by atoms with Gasteiger partial charge in [-0.05, 0) is 57.7 Å². The third-order valence-corrected chi connectivity index (χ3v) is 9.67. The van der Waals surface area contributed by atoms with Gasteiger partial charge < -0.3 is 9.84 Å². The number of hydrogen-bond donors (Lipinski definition) is 1. The zero-order chi connectivity index (χ0) is 23.9. The molecule has 34 heavy (non-hydrogen) atoms. The Morgan fingerprint density at radius 1 is 1.18 bits per heavy atom. The van der Waals surface area contributed by atoms with Crippen molar-refractivity contribution in [3.8, 4) is 10.7 Å². The van der Waals surface area contributed by atoms with E-state index in [-0.39, 0.29) is 17.3 Å². The first-order valence-electron chi connectivity index (χ1n) is 11.5. The van der Waals surface area contributed by atoms with E-state index >= 15 is 0 Å². The van der Waals surface area contributed by atoms with Crippen molar-refractivity contribution in [1.82, 2.24) is 19.4 Å². The molecule has 1 aliphatic heterocycles. The number of carbonyl (C=O) groups is 1. The van der Waals surface area contributed by atoms with Crippen molar-refractivity contribution in [2.45, 2.75) is 56.8 Å². The summed E-state index contributed by atoms with van der Waals surface area (Å²) in [6.45, 7) is 4.16. The highest BCUT2D eigenvalue weighted by molar-refractivity contribution is 7.89. The van der Waals surface area contributed by atoms with E-state index < -0.39 is 15.9 Å². The summed E-state index contributed by atoms with van der Waals surface area (Å²) in [5, 5.41) is 6.90. The van der Waals surface area contributed by atoms with Crippen LogP contribution in [0.2, 0.25) is 0 Å². The average Bonchev–Trinajstić information content (AvgIpc) is 3.40. The van der Waals surface area contributed by atoms with Crippen molar-refractivity contribution in [2.75, 3.05) is 18.4 Å². The van der Waals surface area contributed by atoms with Gasteiger partial charge in [0.05, 0.1) is 15.7 Å². The molecule has 2 aliphatic rings. The Hall–Kier alpha value is -2.63. The Labute approximate surface area is 202 Å². The van der Waals surface area contributed by atoms with Crippen LogP contribution in [0, 0.1) is 19.8 Å².